The van der Waals surface area contributed by atoms with Crippen LogP contribution in [0.15, 0.2) is 46.5 Å². The number of rotatable bonds is 10. The van der Waals surface area contributed by atoms with Gasteiger partial charge in [0, 0.05) is 24.7 Å². The zero-order valence-corrected chi connectivity index (χ0v) is 27.1. The number of benzene rings is 2. The van der Waals surface area contributed by atoms with Crippen molar-refractivity contribution in [3.8, 4) is 22.9 Å². The van der Waals surface area contributed by atoms with E-state index in [1.54, 1.807) is 21.1 Å². The number of thioether (sulfide) groups is 1. The number of anilines is 1. The second-order valence-corrected chi connectivity index (χ2v) is 14.5. The Morgan fingerprint density at radius 2 is 1.67 bits per heavy atom. The summed E-state index contributed by atoms with van der Waals surface area (Å²) >= 11 is 7.72. The molecule has 13 heteroatoms. The number of methoxy groups -OCH3 is 2. The van der Waals surface area contributed by atoms with E-state index in [2.05, 4.69) is 20.1 Å². The van der Waals surface area contributed by atoms with Crippen LogP contribution < -0.4 is 14.8 Å². The van der Waals surface area contributed by atoms with E-state index >= 15 is 0 Å². The molecule has 2 fully saturated rings. The monoisotopic (exact) mass is 647 g/mol. The Bertz CT molecular complexity index is 1550. The van der Waals surface area contributed by atoms with Crippen molar-refractivity contribution in [3.63, 3.8) is 0 Å². The van der Waals surface area contributed by atoms with Gasteiger partial charge in [-0.05, 0) is 69.0 Å². The molecule has 1 aliphatic carbocycles. The number of piperidine rings is 1. The molecule has 5 rings (SSSR count). The maximum atomic E-state index is 13.4. The lowest BCUT2D eigenvalue weighted by Gasteiger charge is -2.26. The van der Waals surface area contributed by atoms with Crippen LogP contribution in [0.4, 0.5) is 5.69 Å². The van der Waals surface area contributed by atoms with Gasteiger partial charge >= 0.3 is 0 Å². The second kappa shape index (κ2) is 13.9. The van der Waals surface area contributed by atoms with E-state index in [0.29, 0.717) is 35.6 Å². The summed E-state index contributed by atoms with van der Waals surface area (Å²) in [7, 11) is -0.483. The summed E-state index contributed by atoms with van der Waals surface area (Å²) in [4.78, 5) is 13.5. The van der Waals surface area contributed by atoms with Gasteiger partial charge in [0.1, 0.15) is 0 Å². The van der Waals surface area contributed by atoms with Gasteiger partial charge in [0.15, 0.2) is 22.5 Å². The first-order valence-electron chi connectivity index (χ1n) is 14.7. The third-order valence-electron chi connectivity index (χ3n) is 8.05. The van der Waals surface area contributed by atoms with Gasteiger partial charge in [0.05, 0.1) is 35.1 Å². The number of hydrogen-bond acceptors (Lipinski definition) is 8. The zero-order valence-electron chi connectivity index (χ0n) is 24.7. The van der Waals surface area contributed by atoms with Crippen molar-refractivity contribution in [2.45, 2.75) is 79.6 Å². The molecule has 1 saturated heterocycles. The molecule has 0 radical (unpaired) electrons. The highest BCUT2D eigenvalue weighted by atomic mass is 35.5. The number of sulfonamides is 1. The Balaban J connectivity index is 1.38. The lowest BCUT2D eigenvalue weighted by atomic mass is 9.95. The number of carbonyl (C=O) groups is 1. The lowest BCUT2D eigenvalue weighted by molar-refractivity contribution is -0.115. The van der Waals surface area contributed by atoms with Gasteiger partial charge in [-0.1, -0.05) is 49.0 Å². The van der Waals surface area contributed by atoms with Crippen LogP contribution in [-0.2, 0) is 14.8 Å². The van der Waals surface area contributed by atoms with Crippen molar-refractivity contribution in [3.05, 3.63) is 41.4 Å². The number of halogens is 1. The molecule has 2 aliphatic rings. The van der Waals surface area contributed by atoms with Crippen molar-refractivity contribution >= 4 is 45.0 Å². The molecule has 1 amide bonds. The van der Waals surface area contributed by atoms with Crippen LogP contribution in [0.1, 0.15) is 64.3 Å². The highest BCUT2D eigenvalue weighted by molar-refractivity contribution is 8.00. The van der Waals surface area contributed by atoms with Gasteiger partial charge < -0.3 is 14.8 Å². The average Bonchev–Trinajstić information content (AvgIpc) is 3.45. The number of nitrogens with zero attached hydrogens (tertiary/aromatic N) is 4. The zero-order chi connectivity index (χ0) is 30.6. The summed E-state index contributed by atoms with van der Waals surface area (Å²) in [5, 5.41) is 12.3. The predicted molar refractivity (Wildman–Crippen MR) is 169 cm³/mol. The van der Waals surface area contributed by atoms with Crippen LogP contribution in [0.2, 0.25) is 5.02 Å². The molecule has 1 aliphatic heterocycles. The first-order valence-corrected chi connectivity index (χ1v) is 17.4. The first kappa shape index (κ1) is 31.6. The topological polar surface area (TPSA) is 116 Å². The molecule has 0 bridgehead atoms. The number of ether oxygens (including phenoxy) is 2. The SMILES string of the molecule is COc1ccc(-c2nnc(S[C@@H](C)C(=O)Nc3cc(S(=O)(=O)N4CCCCC4)ccc3Cl)n2C2CCCCC2)cc1OC. The van der Waals surface area contributed by atoms with Gasteiger partial charge in [0.2, 0.25) is 15.9 Å². The summed E-state index contributed by atoms with van der Waals surface area (Å²) in [6.45, 7) is 2.78. The Morgan fingerprint density at radius 3 is 2.37 bits per heavy atom. The molecule has 1 N–H and O–H groups in total. The Labute approximate surface area is 262 Å². The molecular formula is C30H38ClN5O5S2. The summed E-state index contributed by atoms with van der Waals surface area (Å²) in [5.41, 5.74) is 1.11. The summed E-state index contributed by atoms with van der Waals surface area (Å²) < 4.78 is 41.0. The maximum absolute atomic E-state index is 13.4. The van der Waals surface area contributed by atoms with Crippen molar-refractivity contribution in [2.24, 2.45) is 0 Å². The van der Waals surface area contributed by atoms with Gasteiger partial charge in [-0.25, -0.2) is 8.42 Å². The highest BCUT2D eigenvalue weighted by Crippen LogP contribution is 2.39. The molecule has 0 spiro atoms. The number of nitrogens with one attached hydrogen (secondary N) is 1. The minimum Gasteiger partial charge on any atom is -0.493 e. The van der Waals surface area contributed by atoms with E-state index in [-0.39, 0.29) is 27.6 Å². The lowest BCUT2D eigenvalue weighted by Crippen LogP contribution is -2.35. The molecule has 2 heterocycles. The number of aromatic nitrogens is 3. The van der Waals surface area contributed by atoms with Crippen LogP contribution in [0, 0.1) is 0 Å². The molecule has 1 aromatic heterocycles. The van der Waals surface area contributed by atoms with Crippen LogP contribution in [0.25, 0.3) is 11.4 Å². The van der Waals surface area contributed by atoms with Crippen LogP contribution in [-0.4, -0.2) is 66.0 Å². The van der Waals surface area contributed by atoms with Crippen molar-refractivity contribution in [1.82, 2.24) is 19.1 Å². The fraction of sp³-hybridized carbons (Fsp3) is 0.500. The van der Waals surface area contributed by atoms with Gasteiger partial charge in [-0.2, -0.15) is 4.31 Å². The Kier molecular flexibility index (Phi) is 10.2. The number of carbonyl (C=O) groups excluding carboxylic acids is 1. The highest BCUT2D eigenvalue weighted by Gasteiger charge is 2.29. The number of hydrogen-bond donors (Lipinski definition) is 1. The van der Waals surface area contributed by atoms with E-state index < -0.39 is 15.3 Å². The maximum Gasteiger partial charge on any atom is 0.243 e. The quantitative estimate of drug-likeness (QED) is 0.251. The Hall–Kier alpha value is -2.80. The molecule has 3 aromatic rings. The minimum absolute atomic E-state index is 0.117. The van der Waals surface area contributed by atoms with Crippen LogP contribution in [0.3, 0.4) is 0 Å². The fourth-order valence-corrected chi connectivity index (χ4v) is 8.29. The molecule has 43 heavy (non-hydrogen) atoms. The largest absolute Gasteiger partial charge is 0.493 e. The molecule has 1 atom stereocenters. The molecule has 10 nitrogen and oxygen atoms in total. The average molecular weight is 648 g/mol. The predicted octanol–water partition coefficient (Wildman–Crippen LogP) is 6.41. The fourth-order valence-electron chi connectivity index (χ4n) is 5.66. The van der Waals surface area contributed by atoms with Crippen molar-refractivity contribution in [1.29, 1.82) is 0 Å². The van der Waals surface area contributed by atoms with Crippen LogP contribution in [0.5, 0.6) is 11.5 Å². The van der Waals surface area contributed by atoms with E-state index in [0.717, 1.165) is 50.5 Å². The van der Waals surface area contributed by atoms with Gasteiger partial charge in [-0.15, -0.1) is 10.2 Å². The normalized spacial score (nSPS) is 17.4. The van der Waals surface area contributed by atoms with Gasteiger partial charge in [0.25, 0.3) is 0 Å². The first-order chi connectivity index (χ1) is 20.7. The van der Waals surface area contributed by atoms with E-state index in [9.17, 15) is 13.2 Å². The van der Waals surface area contributed by atoms with E-state index in [4.69, 9.17) is 21.1 Å². The van der Waals surface area contributed by atoms with Gasteiger partial charge in [-0.3, -0.25) is 9.36 Å². The van der Waals surface area contributed by atoms with E-state index in [1.807, 2.05) is 18.2 Å². The molecule has 1 saturated carbocycles. The molecule has 2 aromatic carbocycles. The summed E-state index contributed by atoms with van der Waals surface area (Å²) in [5.74, 6) is 1.62. The molecule has 0 unspecified atom stereocenters. The molecular weight excluding hydrogens is 610 g/mol. The smallest absolute Gasteiger partial charge is 0.243 e. The second-order valence-electron chi connectivity index (χ2n) is 10.9. The van der Waals surface area contributed by atoms with E-state index in [1.165, 1.54) is 40.7 Å². The van der Waals surface area contributed by atoms with Crippen LogP contribution >= 0.6 is 23.4 Å². The Morgan fingerprint density at radius 1 is 0.977 bits per heavy atom. The standard InChI is InChI=1S/C30H38ClN5O5S2/c1-20(29(37)32-25-19-23(13-14-24(25)31)43(38,39)35-16-8-5-9-17-35)42-30-34-33-28(36(30)22-10-6-4-7-11-22)21-12-15-26(40-2)27(18-21)41-3/h12-15,18-20,22H,4-11,16-17H2,1-3H3,(H,32,37)/t20-/m0/s1. The van der Waals surface area contributed by atoms with Crippen molar-refractivity contribution < 1.29 is 22.7 Å². The van der Waals surface area contributed by atoms with Crippen molar-refractivity contribution in [2.75, 3.05) is 32.6 Å². The third-order valence-corrected chi connectivity index (χ3v) is 11.3. The minimum atomic E-state index is -3.68. The number of amides is 1. The third kappa shape index (κ3) is 6.97. The summed E-state index contributed by atoms with van der Waals surface area (Å²) in [6, 6.07) is 10.3. The molecule has 232 valence electrons. The summed E-state index contributed by atoms with van der Waals surface area (Å²) in [6.07, 6.45) is 8.12.